The quantitative estimate of drug-likeness (QED) is 0.721. The van der Waals surface area contributed by atoms with Gasteiger partial charge in [-0.05, 0) is 30.2 Å². The van der Waals surface area contributed by atoms with E-state index in [1.807, 2.05) is 13.0 Å². The first-order valence-corrected chi connectivity index (χ1v) is 6.40. The van der Waals surface area contributed by atoms with Gasteiger partial charge in [-0.3, -0.25) is 0 Å². The molecular weight excluding hydrogens is 279 g/mol. The number of rotatable bonds is 2. The summed E-state index contributed by atoms with van der Waals surface area (Å²) in [6.07, 6.45) is -2.52. The van der Waals surface area contributed by atoms with Gasteiger partial charge in [-0.2, -0.15) is 18.3 Å². The Balaban J connectivity index is 1.99. The summed E-state index contributed by atoms with van der Waals surface area (Å²) in [7, 11) is 0. The molecule has 3 aromatic rings. The molecule has 0 radical (unpaired) electrons. The van der Waals surface area contributed by atoms with E-state index in [4.69, 9.17) is 0 Å². The summed E-state index contributed by atoms with van der Waals surface area (Å²) in [5.41, 5.74) is 1.17. The average Bonchev–Trinajstić information content (AvgIpc) is 2.79. The number of aryl methyl sites for hydroxylation is 1. The van der Waals surface area contributed by atoms with Crippen molar-refractivity contribution in [3.63, 3.8) is 0 Å². The Morgan fingerprint density at radius 1 is 1.10 bits per heavy atom. The summed E-state index contributed by atoms with van der Waals surface area (Å²) >= 11 is 0. The summed E-state index contributed by atoms with van der Waals surface area (Å²) < 4.78 is 40.5. The fourth-order valence-corrected chi connectivity index (χ4v) is 2.23. The van der Waals surface area contributed by atoms with Crippen LogP contribution >= 0.6 is 0 Å². The van der Waals surface area contributed by atoms with Crippen molar-refractivity contribution in [2.75, 3.05) is 0 Å². The van der Waals surface area contributed by atoms with Crippen LogP contribution in [0.15, 0.2) is 42.6 Å². The third-order valence-electron chi connectivity index (χ3n) is 3.19. The number of benzene rings is 1. The maximum absolute atomic E-state index is 13.0. The van der Waals surface area contributed by atoms with Gasteiger partial charge in [0.05, 0.1) is 5.56 Å². The van der Waals surface area contributed by atoms with Gasteiger partial charge < -0.3 is 0 Å². The van der Waals surface area contributed by atoms with Crippen molar-refractivity contribution in [2.24, 2.45) is 0 Å². The van der Waals surface area contributed by atoms with Crippen molar-refractivity contribution in [3.05, 3.63) is 65.1 Å². The van der Waals surface area contributed by atoms with Gasteiger partial charge in [-0.15, -0.1) is 0 Å². The normalized spacial score (nSPS) is 12.0. The maximum atomic E-state index is 13.0. The largest absolute Gasteiger partial charge is 0.416 e. The molecule has 0 fully saturated rings. The molecule has 3 nitrogen and oxygen atoms in total. The Kier molecular flexibility index (Phi) is 3.16. The lowest BCUT2D eigenvalue weighted by molar-refractivity contribution is -0.138. The molecule has 1 aromatic carbocycles. The van der Waals surface area contributed by atoms with E-state index in [9.17, 15) is 13.2 Å². The highest BCUT2D eigenvalue weighted by Crippen LogP contribution is 2.32. The minimum atomic E-state index is -4.37. The molecule has 0 unspecified atom stereocenters. The molecule has 0 saturated heterocycles. The Hall–Kier alpha value is -2.37. The van der Waals surface area contributed by atoms with Crippen LogP contribution in [0.5, 0.6) is 0 Å². The van der Waals surface area contributed by atoms with Gasteiger partial charge in [0.2, 0.25) is 0 Å². The second-order valence-corrected chi connectivity index (χ2v) is 4.87. The predicted octanol–water partition coefficient (Wildman–Crippen LogP) is 3.65. The van der Waals surface area contributed by atoms with Crippen LogP contribution in [0.2, 0.25) is 0 Å². The predicted molar refractivity (Wildman–Crippen MR) is 72.0 cm³/mol. The van der Waals surface area contributed by atoms with Crippen LogP contribution in [-0.2, 0) is 12.6 Å². The summed E-state index contributed by atoms with van der Waals surface area (Å²) in [6, 6.07) is 9.19. The molecule has 0 saturated carbocycles. The van der Waals surface area contributed by atoms with E-state index in [2.05, 4.69) is 10.1 Å². The number of nitrogens with zero attached hydrogens (tertiary/aromatic N) is 3. The van der Waals surface area contributed by atoms with Crippen LogP contribution < -0.4 is 0 Å². The summed E-state index contributed by atoms with van der Waals surface area (Å²) in [6.45, 7) is 1.92. The van der Waals surface area contributed by atoms with Crippen LogP contribution in [0, 0.1) is 6.92 Å². The van der Waals surface area contributed by atoms with E-state index in [1.54, 1.807) is 22.8 Å². The van der Waals surface area contributed by atoms with Crippen molar-refractivity contribution in [3.8, 4) is 0 Å². The van der Waals surface area contributed by atoms with E-state index in [-0.39, 0.29) is 12.0 Å². The SMILES string of the molecule is Cc1ccc2nc(Cc3ccccc3C(F)(F)F)nn2c1. The molecule has 0 aliphatic carbocycles. The highest BCUT2D eigenvalue weighted by Gasteiger charge is 2.33. The standard InChI is InChI=1S/C15H12F3N3/c1-10-6-7-14-19-13(20-21(14)9-10)8-11-4-2-3-5-12(11)15(16,17)18/h2-7,9H,8H2,1H3. The van der Waals surface area contributed by atoms with Crippen LogP contribution in [-0.4, -0.2) is 14.6 Å². The fourth-order valence-electron chi connectivity index (χ4n) is 2.23. The molecule has 2 aromatic heterocycles. The molecule has 2 heterocycles. The molecule has 0 aliphatic heterocycles. The lowest BCUT2D eigenvalue weighted by atomic mass is 10.0. The lowest BCUT2D eigenvalue weighted by Gasteiger charge is -2.11. The number of alkyl halides is 3. The van der Waals surface area contributed by atoms with E-state index in [0.29, 0.717) is 11.5 Å². The minimum absolute atomic E-state index is 0.0520. The first-order chi connectivity index (χ1) is 9.93. The van der Waals surface area contributed by atoms with Crippen molar-refractivity contribution >= 4 is 5.65 Å². The first-order valence-electron chi connectivity index (χ1n) is 6.40. The van der Waals surface area contributed by atoms with Gasteiger partial charge in [0.1, 0.15) is 0 Å². The molecule has 0 spiro atoms. The zero-order chi connectivity index (χ0) is 15.0. The van der Waals surface area contributed by atoms with Crippen LogP contribution in [0.3, 0.4) is 0 Å². The Morgan fingerprint density at radius 2 is 1.86 bits per heavy atom. The third-order valence-corrected chi connectivity index (χ3v) is 3.19. The van der Waals surface area contributed by atoms with Crippen LogP contribution in [0.1, 0.15) is 22.5 Å². The molecule has 0 atom stereocenters. The molecule has 0 bridgehead atoms. The van der Waals surface area contributed by atoms with Crippen LogP contribution in [0.4, 0.5) is 13.2 Å². The first kappa shape index (κ1) is 13.6. The fraction of sp³-hybridized carbons (Fsp3) is 0.200. The second kappa shape index (κ2) is 4.87. The van der Waals surface area contributed by atoms with Crippen molar-refractivity contribution < 1.29 is 13.2 Å². The number of aromatic nitrogens is 3. The smallest absolute Gasteiger partial charge is 0.221 e. The van der Waals surface area contributed by atoms with Gasteiger partial charge in [0.25, 0.3) is 0 Å². The lowest BCUT2D eigenvalue weighted by Crippen LogP contribution is -2.09. The Labute approximate surface area is 119 Å². The summed E-state index contributed by atoms with van der Waals surface area (Å²) in [4.78, 5) is 4.26. The maximum Gasteiger partial charge on any atom is 0.416 e. The molecule has 21 heavy (non-hydrogen) atoms. The zero-order valence-electron chi connectivity index (χ0n) is 11.2. The number of fused-ring (bicyclic) bond motifs is 1. The summed E-state index contributed by atoms with van der Waals surface area (Å²) in [5.74, 6) is 0.373. The van der Waals surface area contributed by atoms with Gasteiger partial charge in [0.15, 0.2) is 11.5 Å². The van der Waals surface area contributed by atoms with Crippen molar-refractivity contribution in [2.45, 2.75) is 19.5 Å². The Bertz CT molecular complexity index is 790. The second-order valence-electron chi connectivity index (χ2n) is 4.87. The number of hydrogen-bond acceptors (Lipinski definition) is 2. The highest BCUT2D eigenvalue weighted by atomic mass is 19.4. The summed E-state index contributed by atoms with van der Waals surface area (Å²) in [5, 5.41) is 4.23. The van der Waals surface area contributed by atoms with Crippen molar-refractivity contribution in [1.29, 1.82) is 0 Å². The molecule has 108 valence electrons. The molecule has 0 amide bonds. The van der Waals surface area contributed by atoms with Gasteiger partial charge >= 0.3 is 6.18 Å². The highest BCUT2D eigenvalue weighted by molar-refractivity contribution is 5.40. The number of hydrogen-bond donors (Lipinski definition) is 0. The van der Waals surface area contributed by atoms with E-state index in [0.717, 1.165) is 11.6 Å². The van der Waals surface area contributed by atoms with Crippen LogP contribution in [0.25, 0.3) is 5.65 Å². The van der Waals surface area contributed by atoms with Crippen molar-refractivity contribution in [1.82, 2.24) is 14.6 Å². The zero-order valence-corrected chi connectivity index (χ0v) is 11.2. The average molecular weight is 291 g/mol. The third kappa shape index (κ3) is 2.74. The molecule has 3 rings (SSSR count). The van der Waals surface area contributed by atoms with E-state index < -0.39 is 11.7 Å². The van der Waals surface area contributed by atoms with Gasteiger partial charge in [-0.25, -0.2) is 9.50 Å². The number of halogens is 3. The molecule has 0 N–H and O–H groups in total. The number of pyridine rings is 1. The molecule has 6 heteroatoms. The monoisotopic (exact) mass is 291 g/mol. The van der Waals surface area contributed by atoms with Gasteiger partial charge in [-0.1, -0.05) is 24.3 Å². The Morgan fingerprint density at radius 3 is 2.62 bits per heavy atom. The van der Waals surface area contributed by atoms with Gasteiger partial charge in [0, 0.05) is 12.6 Å². The van der Waals surface area contributed by atoms with E-state index >= 15 is 0 Å². The minimum Gasteiger partial charge on any atom is -0.221 e. The van der Waals surface area contributed by atoms with E-state index in [1.165, 1.54) is 12.1 Å². The topological polar surface area (TPSA) is 30.2 Å². The molecular formula is C15H12F3N3. The molecule has 0 aliphatic rings.